The van der Waals surface area contributed by atoms with Gasteiger partial charge in [0.05, 0.1) is 22.8 Å². The van der Waals surface area contributed by atoms with Crippen LogP contribution in [0.25, 0.3) is 10.2 Å². The minimum atomic E-state index is -0.255. The molecule has 29 heavy (non-hydrogen) atoms. The lowest BCUT2D eigenvalue weighted by Gasteiger charge is -2.14. The van der Waals surface area contributed by atoms with E-state index in [0.717, 1.165) is 29.5 Å². The van der Waals surface area contributed by atoms with Gasteiger partial charge < -0.3 is 0 Å². The van der Waals surface area contributed by atoms with Crippen LogP contribution in [0, 0.1) is 0 Å². The van der Waals surface area contributed by atoms with Crippen molar-refractivity contribution in [3.8, 4) is 0 Å². The first kappa shape index (κ1) is 18.2. The maximum absolute atomic E-state index is 13.1. The summed E-state index contributed by atoms with van der Waals surface area (Å²) in [4.78, 5) is 46.0. The zero-order chi connectivity index (χ0) is 20.0. The van der Waals surface area contributed by atoms with E-state index in [1.807, 2.05) is 0 Å². The molecular weight excluding hydrogens is 386 g/mol. The summed E-state index contributed by atoms with van der Waals surface area (Å²) in [5, 5.41) is 0.773. The predicted molar refractivity (Wildman–Crippen MR) is 112 cm³/mol. The molecule has 0 unspecified atom stereocenters. The average Bonchev–Trinajstić information content (AvgIpc) is 3.09. The minimum Gasteiger partial charge on any atom is -0.299 e. The van der Waals surface area contributed by atoms with E-state index in [1.165, 1.54) is 28.2 Å². The van der Waals surface area contributed by atoms with Gasteiger partial charge in [0, 0.05) is 18.0 Å². The van der Waals surface area contributed by atoms with E-state index in [0.29, 0.717) is 30.6 Å². The Labute approximate surface area is 171 Å². The molecule has 1 aliphatic heterocycles. The minimum absolute atomic E-state index is 0.00300. The molecule has 1 aliphatic carbocycles. The second-order valence-electron chi connectivity index (χ2n) is 7.65. The summed E-state index contributed by atoms with van der Waals surface area (Å²) in [5.74, 6) is -0.510. The molecule has 0 atom stereocenters. The molecular formula is C22H21N3O3S. The summed E-state index contributed by atoms with van der Waals surface area (Å²) in [6.45, 7) is 0.721. The zero-order valence-electron chi connectivity index (χ0n) is 16.0. The number of carbonyl (C=O) groups is 2. The third-order valence-corrected chi connectivity index (χ3v) is 7.05. The SMILES string of the molecule is O=C1c2ccccc2C(=O)N1CCCn1cnc2sc3c(c2c1=O)CCCCC3. The van der Waals surface area contributed by atoms with Crippen molar-refractivity contribution in [1.29, 1.82) is 0 Å². The van der Waals surface area contributed by atoms with Gasteiger partial charge in [0.2, 0.25) is 0 Å². The Morgan fingerprint density at radius 3 is 2.41 bits per heavy atom. The highest BCUT2D eigenvalue weighted by molar-refractivity contribution is 7.18. The first-order chi connectivity index (χ1) is 14.1. The molecule has 3 aromatic rings. The third-order valence-electron chi connectivity index (χ3n) is 5.85. The number of rotatable bonds is 4. The van der Waals surface area contributed by atoms with Crippen molar-refractivity contribution in [1.82, 2.24) is 14.5 Å². The number of aromatic nitrogens is 2. The Hall–Kier alpha value is -2.80. The maximum Gasteiger partial charge on any atom is 0.262 e. The fourth-order valence-electron chi connectivity index (χ4n) is 4.36. The summed E-state index contributed by atoms with van der Waals surface area (Å²) in [7, 11) is 0. The van der Waals surface area contributed by atoms with Crippen molar-refractivity contribution in [2.24, 2.45) is 0 Å². The molecule has 0 saturated heterocycles. The molecule has 3 heterocycles. The lowest BCUT2D eigenvalue weighted by atomic mass is 10.1. The van der Waals surface area contributed by atoms with Crippen LogP contribution in [0.15, 0.2) is 35.4 Å². The van der Waals surface area contributed by atoms with Crippen molar-refractivity contribution in [2.75, 3.05) is 6.54 Å². The van der Waals surface area contributed by atoms with Gasteiger partial charge in [0.1, 0.15) is 4.83 Å². The van der Waals surface area contributed by atoms with Crippen molar-refractivity contribution < 1.29 is 9.59 Å². The summed E-state index contributed by atoms with van der Waals surface area (Å²) in [6.07, 6.45) is 7.60. The van der Waals surface area contributed by atoms with Crippen LogP contribution < -0.4 is 5.56 Å². The molecule has 7 heteroatoms. The molecule has 0 bridgehead atoms. The first-order valence-electron chi connectivity index (χ1n) is 10.1. The van der Waals surface area contributed by atoms with Crippen LogP contribution in [0.5, 0.6) is 0 Å². The lowest BCUT2D eigenvalue weighted by Crippen LogP contribution is -2.32. The van der Waals surface area contributed by atoms with E-state index < -0.39 is 0 Å². The maximum atomic E-state index is 13.1. The van der Waals surface area contributed by atoms with E-state index in [1.54, 1.807) is 46.5 Å². The average molecular weight is 407 g/mol. The molecule has 0 fully saturated rings. The van der Waals surface area contributed by atoms with Crippen LogP contribution >= 0.6 is 11.3 Å². The molecule has 2 aliphatic rings. The quantitative estimate of drug-likeness (QED) is 0.491. The van der Waals surface area contributed by atoms with E-state index >= 15 is 0 Å². The molecule has 0 spiro atoms. The number of benzene rings is 1. The largest absolute Gasteiger partial charge is 0.299 e. The van der Waals surface area contributed by atoms with Crippen LogP contribution in [0.4, 0.5) is 0 Å². The van der Waals surface area contributed by atoms with Gasteiger partial charge in [-0.05, 0) is 49.8 Å². The third kappa shape index (κ3) is 3.00. The van der Waals surface area contributed by atoms with Crippen molar-refractivity contribution in [2.45, 2.75) is 45.1 Å². The van der Waals surface area contributed by atoms with Gasteiger partial charge >= 0.3 is 0 Å². The number of thiophene rings is 1. The number of fused-ring (bicyclic) bond motifs is 4. The zero-order valence-corrected chi connectivity index (χ0v) is 16.8. The topological polar surface area (TPSA) is 72.3 Å². The van der Waals surface area contributed by atoms with Crippen LogP contribution in [-0.2, 0) is 19.4 Å². The van der Waals surface area contributed by atoms with Crippen LogP contribution in [0.3, 0.4) is 0 Å². The second-order valence-corrected chi connectivity index (χ2v) is 8.73. The molecule has 5 rings (SSSR count). The Balaban J connectivity index is 1.35. The van der Waals surface area contributed by atoms with E-state index in [9.17, 15) is 14.4 Å². The number of nitrogens with zero attached hydrogens (tertiary/aromatic N) is 3. The number of hydrogen-bond acceptors (Lipinski definition) is 5. The number of carbonyl (C=O) groups excluding carboxylic acids is 2. The fraction of sp³-hybridized carbons (Fsp3) is 0.364. The van der Waals surface area contributed by atoms with E-state index in [4.69, 9.17) is 0 Å². The summed E-state index contributed by atoms with van der Waals surface area (Å²) in [5.41, 5.74) is 2.10. The fourth-order valence-corrected chi connectivity index (χ4v) is 5.58. The van der Waals surface area contributed by atoms with Gasteiger partial charge in [-0.25, -0.2) is 4.98 Å². The Morgan fingerprint density at radius 2 is 1.66 bits per heavy atom. The monoisotopic (exact) mass is 407 g/mol. The summed E-state index contributed by atoms with van der Waals surface area (Å²) in [6, 6.07) is 6.88. The van der Waals surface area contributed by atoms with Gasteiger partial charge in [-0.2, -0.15) is 0 Å². The second kappa shape index (κ2) is 7.22. The van der Waals surface area contributed by atoms with Crippen molar-refractivity contribution in [3.63, 3.8) is 0 Å². The summed E-state index contributed by atoms with van der Waals surface area (Å²) < 4.78 is 1.62. The highest BCUT2D eigenvalue weighted by Gasteiger charge is 2.34. The molecule has 2 aromatic heterocycles. The first-order valence-corrected chi connectivity index (χ1v) is 10.9. The Morgan fingerprint density at radius 1 is 0.931 bits per heavy atom. The van der Waals surface area contributed by atoms with E-state index in [-0.39, 0.29) is 17.4 Å². The molecule has 0 radical (unpaired) electrons. The van der Waals surface area contributed by atoms with Gasteiger partial charge in [-0.1, -0.05) is 18.6 Å². The smallest absolute Gasteiger partial charge is 0.262 e. The molecule has 0 saturated carbocycles. The molecule has 1 aromatic carbocycles. The molecule has 148 valence electrons. The van der Waals surface area contributed by atoms with Crippen LogP contribution in [0.2, 0.25) is 0 Å². The van der Waals surface area contributed by atoms with Crippen LogP contribution in [-0.4, -0.2) is 32.8 Å². The van der Waals surface area contributed by atoms with Gasteiger partial charge in [0.25, 0.3) is 17.4 Å². The van der Waals surface area contributed by atoms with E-state index in [2.05, 4.69) is 4.98 Å². The normalized spacial score (nSPS) is 16.2. The highest BCUT2D eigenvalue weighted by atomic mass is 32.1. The number of hydrogen-bond donors (Lipinski definition) is 0. The molecule has 0 N–H and O–H groups in total. The lowest BCUT2D eigenvalue weighted by molar-refractivity contribution is 0.0650. The Kier molecular flexibility index (Phi) is 4.54. The van der Waals surface area contributed by atoms with Crippen LogP contribution in [0.1, 0.15) is 56.8 Å². The van der Waals surface area contributed by atoms with Crippen molar-refractivity contribution >= 4 is 33.4 Å². The standard InChI is InChI=1S/C22H21N3O3S/c26-20-14-7-4-5-8-15(14)21(27)25(20)12-6-11-24-13-23-19-18(22(24)28)16-9-2-1-3-10-17(16)29-19/h4-5,7-8,13H,1-3,6,9-12H2. The number of aryl methyl sites for hydroxylation is 3. The molecule has 2 amide bonds. The highest BCUT2D eigenvalue weighted by Crippen LogP contribution is 2.32. The predicted octanol–water partition coefficient (Wildman–Crippen LogP) is 3.41. The Bertz CT molecular complexity index is 1160. The number of imide groups is 1. The van der Waals surface area contributed by atoms with Gasteiger partial charge in [-0.15, -0.1) is 11.3 Å². The number of amides is 2. The van der Waals surface area contributed by atoms with Gasteiger partial charge in [-0.3, -0.25) is 23.9 Å². The summed E-state index contributed by atoms with van der Waals surface area (Å²) >= 11 is 1.65. The molecule has 6 nitrogen and oxygen atoms in total. The van der Waals surface area contributed by atoms with Gasteiger partial charge in [0.15, 0.2) is 0 Å². The van der Waals surface area contributed by atoms with Crippen molar-refractivity contribution in [3.05, 3.63) is 62.5 Å².